The molecular weight excluding hydrogens is 442 g/mol. The molecule has 2 heterocycles. The van der Waals surface area contributed by atoms with E-state index >= 15 is 0 Å². The van der Waals surface area contributed by atoms with Crippen LogP contribution in [0.15, 0.2) is 42.7 Å². The molecule has 0 aliphatic rings. The number of hydrogen-bond acceptors (Lipinski definition) is 7. The maximum Gasteiger partial charge on any atom is 0.252 e. The van der Waals surface area contributed by atoms with Gasteiger partial charge >= 0.3 is 0 Å². The molecule has 34 heavy (non-hydrogen) atoms. The summed E-state index contributed by atoms with van der Waals surface area (Å²) < 4.78 is 34.3. The molecule has 1 aromatic carbocycles. The minimum atomic E-state index is -0.860. The molecule has 1 amide bonds. The Balaban J connectivity index is 1.97. The number of aromatic nitrogens is 2. The molecule has 3 rings (SSSR count). The molecule has 0 aliphatic heterocycles. The predicted molar refractivity (Wildman–Crippen MR) is 128 cm³/mol. The SMILES string of the molecule is COc1ccc(F)c(-c2cncc(Nc3nc(NC(CN)CC(C)C)c(F)cc3C(N)=O)c2)c1. The Morgan fingerprint density at radius 1 is 1.12 bits per heavy atom. The maximum absolute atomic E-state index is 14.7. The van der Waals surface area contributed by atoms with E-state index in [9.17, 15) is 13.6 Å². The summed E-state index contributed by atoms with van der Waals surface area (Å²) >= 11 is 0. The van der Waals surface area contributed by atoms with Crippen LogP contribution in [-0.4, -0.2) is 35.6 Å². The smallest absolute Gasteiger partial charge is 0.252 e. The van der Waals surface area contributed by atoms with Crippen molar-refractivity contribution in [1.82, 2.24) is 9.97 Å². The van der Waals surface area contributed by atoms with Gasteiger partial charge in [-0.05, 0) is 42.7 Å². The number of halogens is 2. The van der Waals surface area contributed by atoms with E-state index in [0.717, 1.165) is 6.07 Å². The van der Waals surface area contributed by atoms with Gasteiger partial charge in [0.05, 0.1) is 24.6 Å². The highest BCUT2D eigenvalue weighted by atomic mass is 19.1. The number of rotatable bonds is 10. The molecule has 1 unspecified atom stereocenters. The van der Waals surface area contributed by atoms with E-state index in [0.29, 0.717) is 29.3 Å². The number of methoxy groups -OCH3 is 1. The molecule has 0 saturated heterocycles. The third-order valence-corrected chi connectivity index (χ3v) is 5.11. The maximum atomic E-state index is 14.7. The van der Waals surface area contributed by atoms with Gasteiger partial charge in [0.15, 0.2) is 11.6 Å². The normalized spacial score (nSPS) is 11.9. The quantitative estimate of drug-likeness (QED) is 0.352. The highest BCUT2D eigenvalue weighted by Gasteiger charge is 2.19. The Labute approximate surface area is 196 Å². The van der Waals surface area contributed by atoms with E-state index in [1.807, 2.05) is 13.8 Å². The van der Waals surface area contributed by atoms with Crippen molar-refractivity contribution in [3.63, 3.8) is 0 Å². The molecule has 10 heteroatoms. The van der Waals surface area contributed by atoms with Gasteiger partial charge in [-0.25, -0.2) is 13.8 Å². The molecule has 0 spiro atoms. The van der Waals surface area contributed by atoms with Crippen LogP contribution >= 0.6 is 0 Å². The third kappa shape index (κ3) is 5.96. The molecule has 2 aromatic heterocycles. The minimum Gasteiger partial charge on any atom is -0.497 e. The van der Waals surface area contributed by atoms with E-state index in [1.165, 1.54) is 31.6 Å². The number of ether oxygens (including phenoxy) is 1. The highest BCUT2D eigenvalue weighted by Crippen LogP contribution is 2.30. The molecule has 0 radical (unpaired) electrons. The Hall–Kier alpha value is -3.79. The molecule has 0 fully saturated rings. The molecule has 180 valence electrons. The first kappa shape index (κ1) is 24.8. The summed E-state index contributed by atoms with van der Waals surface area (Å²) in [5.41, 5.74) is 12.2. The van der Waals surface area contributed by atoms with Gasteiger partial charge in [0.1, 0.15) is 17.4 Å². The lowest BCUT2D eigenvalue weighted by Gasteiger charge is -2.21. The van der Waals surface area contributed by atoms with Crippen LogP contribution in [0.4, 0.5) is 26.1 Å². The zero-order valence-electron chi connectivity index (χ0n) is 19.2. The van der Waals surface area contributed by atoms with Gasteiger partial charge in [0.2, 0.25) is 0 Å². The number of nitrogens with zero attached hydrogens (tertiary/aromatic N) is 2. The van der Waals surface area contributed by atoms with Gasteiger partial charge in [-0.1, -0.05) is 13.8 Å². The van der Waals surface area contributed by atoms with Crippen molar-refractivity contribution in [3.8, 4) is 16.9 Å². The number of carbonyl (C=O) groups is 1. The average molecular weight is 471 g/mol. The van der Waals surface area contributed by atoms with Crippen LogP contribution in [0, 0.1) is 17.6 Å². The third-order valence-electron chi connectivity index (χ3n) is 5.11. The lowest BCUT2D eigenvalue weighted by Crippen LogP contribution is -2.31. The number of nitrogens with one attached hydrogen (secondary N) is 2. The number of amides is 1. The second-order valence-corrected chi connectivity index (χ2v) is 8.22. The average Bonchev–Trinajstić information content (AvgIpc) is 2.80. The van der Waals surface area contributed by atoms with Gasteiger partial charge in [-0.3, -0.25) is 9.78 Å². The highest BCUT2D eigenvalue weighted by molar-refractivity contribution is 5.98. The summed E-state index contributed by atoms with van der Waals surface area (Å²) in [6.45, 7) is 4.34. The van der Waals surface area contributed by atoms with Crippen LogP contribution in [0.3, 0.4) is 0 Å². The van der Waals surface area contributed by atoms with E-state index in [1.54, 1.807) is 12.1 Å². The summed E-state index contributed by atoms with van der Waals surface area (Å²) in [5.74, 6) is -1.27. The fourth-order valence-corrected chi connectivity index (χ4v) is 3.49. The van der Waals surface area contributed by atoms with Crippen LogP contribution < -0.4 is 26.8 Å². The molecule has 8 nitrogen and oxygen atoms in total. The number of primary amides is 1. The van der Waals surface area contributed by atoms with Crippen LogP contribution in [-0.2, 0) is 0 Å². The first-order chi connectivity index (χ1) is 16.2. The van der Waals surface area contributed by atoms with Crippen molar-refractivity contribution in [2.45, 2.75) is 26.3 Å². The van der Waals surface area contributed by atoms with Gasteiger partial charge in [-0.15, -0.1) is 0 Å². The van der Waals surface area contributed by atoms with Crippen molar-refractivity contribution in [2.75, 3.05) is 24.3 Å². The molecule has 0 aliphatic carbocycles. The zero-order chi connectivity index (χ0) is 24.8. The Morgan fingerprint density at radius 3 is 2.53 bits per heavy atom. The number of carbonyl (C=O) groups excluding carboxylic acids is 1. The van der Waals surface area contributed by atoms with Gasteiger partial charge in [0, 0.05) is 29.9 Å². The Bertz CT molecular complexity index is 1170. The molecular formula is C24H28F2N6O2. The fraction of sp³-hybridized carbons (Fsp3) is 0.292. The molecule has 0 saturated carbocycles. The lowest BCUT2D eigenvalue weighted by molar-refractivity contribution is 0.100. The largest absolute Gasteiger partial charge is 0.497 e. The van der Waals surface area contributed by atoms with E-state index in [4.69, 9.17) is 16.2 Å². The fourth-order valence-electron chi connectivity index (χ4n) is 3.49. The van der Waals surface area contributed by atoms with Gasteiger partial charge < -0.3 is 26.8 Å². The summed E-state index contributed by atoms with van der Waals surface area (Å²) in [5, 5.41) is 5.94. The monoisotopic (exact) mass is 470 g/mol. The minimum absolute atomic E-state index is 0.0294. The van der Waals surface area contributed by atoms with Crippen LogP contribution in [0.25, 0.3) is 11.1 Å². The summed E-state index contributed by atoms with van der Waals surface area (Å²) in [6.07, 6.45) is 3.66. The number of nitrogens with two attached hydrogens (primary N) is 2. The van der Waals surface area contributed by atoms with Crippen LogP contribution in [0.5, 0.6) is 5.75 Å². The molecule has 1 atom stereocenters. The van der Waals surface area contributed by atoms with E-state index in [-0.39, 0.29) is 35.3 Å². The second-order valence-electron chi connectivity index (χ2n) is 8.22. The number of anilines is 3. The lowest BCUT2D eigenvalue weighted by atomic mass is 10.0. The van der Waals surface area contributed by atoms with Gasteiger partial charge in [-0.2, -0.15) is 0 Å². The predicted octanol–water partition coefficient (Wildman–Crippen LogP) is 4.06. The zero-order valence-corrected chi connectivity index (χ0v) is 19.2. The van der Waals surface area contributed by atoms with Crippen molar-refractivity contribution in [2.24, 2.45) is 17.4 Å². The number of pyridine rings is 2. The number of hydrogen-bond donors (Lipinski definition) is 4. The van der Waals surface area contributed by atoms with Crippen LogP contribution in [0.2, 0.25) is 0 Å². The summed E-state index contributed by atoms with van der Waals surface area (Å²) in [6, 6.07) is 6.78. The van der Waals surface area contributed by atoms with Crippen LogP contribution in [0.1, 0.15) is 30.6 Å². The van der Waals surface area contributed by atoms with Gasteiger partial charge in [0.25, 0.3) is 5.91 Å². The van der Waals surface area contributed by atoms with Crippen molar-refractivity contribution < 1.29 is 18.3 Å². The van der Waals surface area contributed by atoms with E-state index in [2.05, 4.69) is 20.6 Å². The van der Waals surface area contributed by atoms with Crippen molar-refractivity contribution >= 4 is 23.2 Å². The van der Waals surface area contributed by atoms with Crippen molar-refractivity contribution in [3.05, 3.63) is 59.9 Å². The Kier molecular flexibility index (Phi) is 7.95. The van der Waals surface area contributed by atoms with Crippen molar-refractivity contribution in [1.29, 1.82) is 0 Å². The van der Waals surface area contributed by atoms with E-state index < -0.39 is 17.5 Å². The second kappa shape index (κ2) is 10.9. The first-order valence-electron chi connectivity index (χ1n) is 10.7. The molecule has 0 bridgehead atoms. The number of benzene rings is 1. The topological polar surface area (TPSA) is 128 Å². The molecule has 3 aromatic rings. The first-order valence-corrected chi connectivity index (χ1v) is 10.7. The molecule has 6 N–H and O–H groups in total. The Morgan fingerprint density at radius 2 is 1.88 bits per heavy atom. The standard InChI is InChI=1S/C24H28F2N6O2/c1-13(2)6-15(10-27)30-24-21(26)9-19(22(28)33)23(32-24)31-16-7-14(11-29-12-16)18-8-17(34-3)4-5-20(18)25/h4-5,7-9,11-13,15H,6,10,27H2,1-3H3,(H2,28,33)(H2,30,31,32). The summed E-state index contributed by atoms with van der Waals surface area (Å²) in [7, 11) is 1.49. The summed E-state index contributed by atoms with van der Waals surface area (Å²) in [4.78, 5) is 20.4.